The van der Waals surface area contributed by atoms with Crippen molar-refractivity contribution in [3.05, 3.63) is 12.2 Å². The average molecular weight is 393 g/mol. The van der Waals surface area contributed by atoms with Crippen molar-refractivity contribution in [2.45, 2.75) is 103 Å². The molecule has 3 fully saturated rings. The number of carbonyl (C=O) groups is 1. The van der Waals surface area contributed by atoms with E-state index in [1.807, 2.05) is 6.08 Å². The fourth-order valence-corrected chi connectivity index (χ4v) is 5.68. The fourth-order valence-electron chi connectivity index (χ4n) is 5.68. The molecular weight excluding hydrogens is 352 g/mol. The van der Waals surface area contributed by atoms with E-state index in [0.29, 0.717) is 17.8 Å². The second-order valence-electron chi connectivity index (χ2n) is 9.85. The molecule has 1 unspecified atom stereocenters. The van der Waals surface area contributed by atoms with Crippen molar-refractivity contribution in [2.75, 3.05) is 0 Å². The minimum absolute atomic E-state index is 0.0965. The number of hydrogen-bond donors (Lipinski definition) is 3. The standard InChI is InChI=1S/C24H40O4/c1-2-3-13-24(14-6-15-24)22(26)12-10-17-9-11-21(25)19(17)8-5-4-7-18-16-20(18)23(27)28/h10,12,17-22,25-26H,2-9,11,13-16H2,1H3,(H,27,28)/t17-,18-,19-,20-,21-,22?/m1/s1. The maximum atomic E-state index is 10.9. The fraction of sp³-hybridized carbons (Fsp3) is 0.875. The minimum Gasteiger partial charge on any atom is -0.481 e. The number of unbranched alkanes of at least 4 members (excludes halogenated alkanes) is 2. The first-order valence-electron chi connectivity index (χ1n) is 11.7. The van der Waals surface area contributed by atoms with Crippen LogP contribution in [0.25, 0.3) is 0 Å². The van der Waals surface area contributed by atoms with Gasteiger partial charge in [0.15, 0.2) is 0 Å². The van der Waals surface area contributed by atoms with Crippen molar-refractivity contribution in [3.8, 4) is 0 Å². The topological polar surface area (TPSA) is 77.8 Å². The zero-order valence-electron chi connectivity index (χ0n) is 17.6. The van der Waals surface area contributed by atoms with Gasteiger partial charge in [-0.2, -0.15) is 0 Å². The van der Waals surface area contributed by atoms with E-state index >= 15 is 0 Å². The lowest BCUT2D eigenvalue weighted by Crippen LogP contribution is -2.40. The van der Waals surface area contributed by atoms with Crippen LogP contribution in [-0.4, -0.2) is 33.5 Å². The summed E-state index contributed by atoms with van der Waals surface area (Å²) in [6, 6.07) is 0. The molecule has 3 rings (SSSR count). The van der Waals surface area contributed by atoms with Crippen molar-refractivity contribution in [1.29, 1.82) is 0 Å². The van der Waals surface area contributed by atoms with Gasteiger partial charge in [0.05, 0.1) is 18.1 Å². The summed E-state index contributed by atoms with van der Waals surface area (Å²) in [5.41, 5.74) is 0.115. The summed E-state index contributed by atoms with van der Waals surface area (Å²) in [4.78, 5) is 10.9. The van der Waals surface area contributed by atoms with Gasteiger partial charge in [0.25, 0.3) is 0 Å². The lowest BCUT2D eigenvalue weighted by atomic mass is 9.62. The lowest BCUT2D eigenvalue weighted by Gasteiger charge is -2.45. The molecule has 3 N–H and O–H groups in total. The number of rotatable bonds is 12. The zero-order valence-corrected chi connectivity index (χ0v) is 17.6. The maximum absolute atomic E-state index is 10.9. The van der Waals surface area contributed by atoms with Gasteiger partial charge in [0.1, 0.15) is 0 Å². The summed E-state index contributed by atoms with van der Waals surface area (Å²) in [5, 5.41) is 30.2. The molecule has 3 aliphatic rings. The van der Waals surface area contributed by atoms with Crippen LogP contribution in [0.2, 0.25) is 0 Å². The van der Waals surface area contributed by atoms with E-state index in [2.05, 4.69) is 13.0 Å². The van der Waals surface area contributed by atoms with Crippen molar-refractivity contribution < 1.29 is 20.1 Å². The second-order valence-corrected chi connectivity index (χ2v) is 9.85. The van der Waals surface area contributed by atoms with Crippen LogP contribution >= 0.6 is 0 Å². The number of allylic oxidation sites excluding steroid dienone is 1. The Balaban J connectivity index is 1.43. The summed E-state index contributed by atoms with van der Waals surface area (Å²) >= 11 is 0. The van der Waals surface area contributed by atoms with Crippen LogP contribution in [0.3, 0.4) is 0 Å². The lowest BCUT2D eigenvalue weighted by molar-refractivity contribution is -0.138. The molecule has 3 saturated carbocycles. The monoisotopic (exact) mass is 392 g/mol. The molecule has 4 heteroatoms. The SMILES string of the molecule is CCCCC1(C(O)C=C[C@H]2CC[C@@H](O)[C@@H]2CCCC[C@@H]2C[C@H]2C(=O)O)CCC1. The van der Waals surface area contributed by atoms with Crippen molar-refractivity contribution in [3.63, 3.8) is 0 Å². The van der Waals surface area contributed by atoms with Crippen LogP contribution in [0.15, 0.2) is 12.2 Å². The van der Waals surface area contributed by atoms with Gasteiger partial charge in [0, 0.05) is 0 Å². The first-order valence-corrected chi connectivity index (χ1v) is 11.7. The molecule has 0 saturated heterocycles. The zero-order chi connectivity index (χ0) is 20.1. The first kappa shape index (κ1) is 21.8. The summed E-state index contributed by atoms with van der Waals surface area (Å²) in [6.07, 6.45) is 17.6. The third-order valence-corrected chi connectivity index (χ3v) is 7.99. The van der Waals surface area contributed by atoms with Gasteiger partial charge >= 0.3 is 5.97 Å². The molecule has 4 nitrogen and oxygen atoms in total. The largest absolute Gasteiger partial charge is 0.481 e. The molecule has 28 heavy (non-hydrogen) atoms. The van der Waals surface area contributed by atoms with E-state index in [-0.39, 0.29) is 23.5 Å². The van der Waals surface area contributed by atoms with E-state index in [1.54, 1.807) is 0 Å². The van der Waals surface area contributed by atoms with Crippen molar-refractivity contribution >= 4 is 5.97 Å². The van der Waals surface area contributed by atoms with Crippen molar-refractivity contribution in [2.24, 2.45) is 29.1 Å². The third kappa shape index (κ3) is 5.18. The van der Waals surface area contributed by atoms with Crippen LogP contribution in [0, 0.1) is 29.1 Å². The first-order chi connectivity index (χ1) is 13.5. The van der Waals surface area contributed by atoms with Crippen LogP contribution in [0.4, 0.5) is 0 Å². The molecule has 0 bridgehead atoms. The number of aliphatic hydroxyl groups is 2. The van der Waals surface area contributed by atoms with Gasteiger partial charge in [0.2, 0.25) is 0 Å². The summed E-state index contributed by atoms with van der Waals surface area (Å²) in [5.74, 6) is 0.328. The Morgan fingerprint density at radius 2 is 1.93 bits per heavy atom. The number of hydrogen-bond acceptors (Lipinski definition) is 3. The Morgan fingerprint density at radius 3 is 2.54 bits per heavy atom. The molecular formula is C24H40O4. The van der Waals surface area contributed by atoms with Gasteiger partial charge in [-0.25, -0.2) is 0 Å². The Bertz CT molecular complexity index is 539. The average Bonchev–Trinajstić information content (AvgIpc) is 3.33. The van der Waals surface area contributed by atoms with E-state index in [1.165, 1.54) is 19.3 Å². The maximum Gasteiger partial charge on any atom is 0.306 e. The highest BCUT2D eigenvalue weighted by atomic mass is 16.4. The number of aliphatic hydroxyl groups excluding tert-OH is 2. The van der Waals surface area contributed by atoms with Gasteiger partial charge in [-0.15, -0.1) is 0 Å². The van der Waals surface area contributed by atoms with Crippen LogP contribution in [0.1, 0.15) is 90.4 Å². The van der Waals surface area contributed by atoms with Crippen LogP contribution in [0.5, 0.6) is 0 Å². The molecule has 3 aliphatic carbocycles. The minimum atomic E-state index is -0.636. The summed E-state index contributed by atoms with van der Waals surface area (Å²) in [7, 11) is 0. The highest BCUT2D eigenvalue weighted by Crippen LogP contribution is 2.49. The van der Waals surface area contributed by atoms with Gasteiger partial charge in [-0.1, -0.05) is 51.2 Å². The van der Waals surface area contributed by atoms with Gasteiger partial charge < -0.3 is 15.3 Å². The molecule has 0 aromatic rings. The highest BCUT2D eigenvalue weighted by Gasteiger charge is 2.43. The Morgan fingerprint density at radius 1 is 1.18 bits per heavy atom. The number of carboxylic acids is 1. The van der Waals surface area contributed by atoms with Gasteiger partial charge in [-0.05, 0) is 74.5 Å². The third-order valence-electron chi connectivity index (χ3n) is 7.99. The smallest absolute Gasteiger partial charge is 0.306 e. The molecule has 0 aromatic carbocycles. The molecule has 0 heterocycles. The molecule has 0 spiro atoms. The molecule has 6 atom stereocenters. The molecule has 0 radical (unpaired) electrons. The van der Waals surface area contributed by atoms with E-state index < -0.39 is 5.97 Å². The predicted molar refractivity (Wildman–Crippen MR) is 111 cm³/mol. The normalized spacial score (nSPS) is 35.0. The van der Waals surface area contributed by atoms with E-state index in [0.717, 1.165) is 64.2 Å². The predicted octanol–water partition coefficient (Wildman–Crippen LogP) is 4.93. The van der Waals surface area contributed by atoms with E-state index in [4.69, 9.17) is 5.11 Å². The van der Waals surface area contributed by atoms with Gasteiger partial charge in [-0.3, -0.25) is 4.79 Å². The van der Waals surface area contributed by atoms with E-state index in [9.17, 15) is 15.0 Å². The Kier molecular flexibility index (Phi) is 7.60. The number of carboxylic acid groups (broad SMARTS) is 1. The highest BCUT2D eigenvalue weighted by molar-refractivity contribution is 5.73. The Hall–Kier alpha value is -0.870. The Labute approximate surface area is 170 Å². The van der Waals surface area contributed by atoms with Crippen LogP contribution in [-0.2, 0) is 4.79 Å². The van der Waals surface area contributed by atoms with Crippen LogP contribution < -0.4 is 0 Å². The van der Waals surface area contributed by atoms with Crippen molar-refractivity contribution in [1.82, 2.24) is 0 Å². The molecule has 0 aliphatic heterocycles. The molecule has 0 aromatic heterocycles. The summed E-state index contributed by atoms with van der Waals surface area (Å²) in [6.45, 7) is 2.21. The molecule has 0 amide bonds. The number of aliphatic carboxylic acids is 1. The molecule has 160 valence electrons. The summed E-state index contributed by atoms with van der Waals surface area (Å²) < 4.78 is 0. The quantitative estimate of drug-likeness (QED) is 0.325. The second kappa shape index (κ2) is 9.75.